The Morgan fingerprint density at radius 1 is 0.429 bits per heavy atom. The van der Waals surface area contributed by atoms with Crippen LogP contribution in [0.3, 0.4) is 0 Å². The maximum Gasteiger partial charge on any atom is 0.359 e. The van der Waals surface area contributed by atoms with Crippen molar-refractivity contribution in [3.05, 3.63) is 11.4 Å². The number of carbonyl (C=O) groups is 2. The third-order valence-electron chi connectivity index (χ3n) is 12.2. The van der Waals surface area contributed by atoms with E-state index in [0.717, 1.165) is 48.3 Å². The molecule has 12 nitrogen and oxygen atoms in total. The van der Waals surface area contributed by atoms with Crippen LogP contribution in [0.1, 0.15) is 190 Å². The van der Waals surface area contributed by atoms with Crippen molar-refractivity contribution in [3.63, 3.8) is 0 Å². The Morgan fingerprint density at radius 2 is 0.746 bits per heavy atom. The van der Waals surface area contributed by atoms with Crippen LogP contribution in [-0.4, -0.2) is 73.9 Å². The van der Waals surface area contributed by atoms with E-state index in [4.69, 9.17) is 37.9 Å². The van der Waals surface area contributed by atoms with Crippen molar-refractivity contribution in [2.45, 2.75) is 182 Å². The fraction of sp³-hybridized carbons (Fsp3) is 0.720. The van der Waals surface area contributed by atoms with Gasteiger partial charge in [0, 0.05) is 25.9 Å². The lowest BCUT2D eigenvalue weighted by Crippen LogP contribution is -2.17. The van der Waals surface area contributed by atoms with Crippen molar-refractivity contribution < 1.29 is 47.5 Å². The van der Waals surface area contributed by atoms with Crippen molar-refractivity contribution in [3.8, 4) is 55.6 Å². The molecule has 0 fully saturated rings. The first kappa shape index (κ1) is 48.5. The van der Waals surface area contributed by atoms with Gasteiger partial charge in [-0.25, -0.2) is 9.59 Å². The molecule has 3 aromatic rings. The number of esters is 2. The van der Waals surface area contributed by atoms with Crippen LogP contribution in [0.2, 0.25) is 0 Å². The molecule has 0 saturated heterocycles. The molecular formula is C50H76N2O10S. The first-order chi connectivity index (χ1) is 31.0. The molecule has 3 aromatic heterocycles. The van der Waals surface area contributed by atoms with Gasteiger partial charge in [0.1, 0.15) is 34.4 Å². The maximum atomic E-state index is 14.0. The third-order valence-corrected chi connectivity index (χ3v) is 13.3. The molecule has 6 rings (SSSR count). The monoisotopic (exact) mass is 897 g/mol. The summed E-state index contributed by atoms with van der Waals surface area (Å²) in [6, 6.07) is 0. The number of nitrogens with zero attached hydrogens (tertiary/aromatic N) is 2. The first-order valence-corrected chi connectivity index (χ1v) is 25.7. The Balaban J connectivity index is 1.39. The number of hydrogen-bond acceptors (Lipinski definition) is 11. The number of hydrogen-bond donors (Lipinski definition) is 0. The number of rotatable bonds is 28. The Hall–Kier alpha value is -4.00. The largest absolute Gasteiger partial charge is 0.487 e. The molecular weight excluding hydrogens is 821 g/mol. The molecule has 3 aliphatic rings. The van der Waals surface area contributed by atoms with Crippen molar-refractivity contribution in [2.75, 3.05) is 52.9 Å². The van der Waals surface area contributed by atoms with Gasteiger partial charge in [-0.15, -0.1) is 11.3 Å². The molecule has 0 radical (unpaired) electrons. The lowest BCUT2D eigenvalue weighted by atomic mass is 10.1. The minimum absolute atomic E-state index is 0.231. The Bertz CT molecular complexity index is 1750. The summed E-state index contributed by atoms with van der Waals surface area (Å²) >= 11 is 1.50. The summed E-state index contributed by atoms with van der Waals surface area (Å²) in [6.45, 7) is 12.2. The third kappa shape index (κ3) is 12.4. The minimum Gasteiger partial charge on any atom is -0.487 e. The van der Waals surface area contributed by atoms with Gasteiger partial charge in [-0.1, -0.05) is 129 Å². The average molecular weight is 897 g/mol. The summed E-state index contributed by atoms with van der Waals surface area (Å²) in [5.41, 5.74) is 2.15. The number of thiophene rings is 1. The van der Waals surface area contributed by atoms with Gasteiger partial charge in [0.15, 0.2) is 45.9 Å². The Kier molecular flexibility index (Phi) is 20.1. The van der Waals surface area contributed by atoms with E-state index >= 15 is 0 Å². The second kappa shape index (κ2) is 26.1. The molecule has 0 atom stereocenters. The van der Waals surface area contributed by atoms with Gasteiger partial charge in [-0.2, -0.15) is 0 Å². The summed E-state index contributed by atoms with van der Waals surface area (Å²) in [4.78, 5) is 29.5. The van der Waals surface area contributed by atoms with E-state index in [0.29, 0.717) is 123 Å². The van der Waals surface area contributed by atoms with Crippen LogP contribution in [0.15, 0.2) is 0 Å². The highest BCUT2D eigenvalue weighted by Crippen LogP contribution is 2.60. The standard InChI is InChI=1S/C50H76N2O10S/c1-5-9-11-13-15-17-19-21-23-25-29-51-37(41-43(59-33-27-31-57-41)39(51)49(53)55-7-3)47-45-46(62-36-35-61-45)48(63-47)38-42-44(60-34-28-32-58-42)40(50(54)56-8-4)52(38)30-26-24-22-20-18-16-14-12-10-6-2/h5-36H2,1-4H3. The second-order valence-corrected chi connectivity index (χ2v) is 18.1. The summed E-state index contributed by atoms with van der Waals surface area (Å²) in [5, 5.41) is 0. The number of unbranched alkanes of at least 4 members (excludes halogenated alkanes) is 18. The van der Waals surface area contributed by atoms with Gasteiger partial charge in [0.2, 0.25) is 0 Å². The van der Waals surface area contributed by atoms with Crippen LogP contribution in [0.25, 0.3) is 21.1 Å². The molecule has 0 bridgehead atoms. The number of fused-ring (bicyclic) bond motifs is 3. The van der Waals surface area contributed by atoms with Crippen molar-refractivity contribution >= 4 is 23.3 Å². The van der Waals surface area contributed by atoms with Crippen LogP contribution in [0.5, 0.6) is 34.5 Å². The van der Waals surface area contributed by atoms with E-state index in [1.165, 1.54) is 101 Å². The van der Waals surface area contributed by atoms with Gasteiger partial charge in [-0.05, 0) is 26.7 Å². The predicted molar refractivity (Wildman–Crippen MR) is 249 cm³/mol. The van der Waals surface area contributed by atoms with Crippen molar-refractivity contribution in [2.24, 2.45) is 0 Å². The topological polar surface area (TPSA) is 118 Å². The maximum absolute atomic E-state index is 14.0. The Morgan fingerprint density at radius 3 is 1.10 bits per heavy atom. The SMILES string of the molecule is CCCCCCCCCCCCn1c(C(=O)OCC)c2c(c1-c1sc(-c3c4c(c(C(=O)OCC)n3CCCCCCCCCCCC)OCCCO4)c3c1OCCO3)OCCCO2. The molecule has 0 unspecified atom stereocenters. The predicted octanol–water partition coefficient (Wildman–Crippen LogP) is 13.0. The number of ether oxygens (including phenoxy) is 8. The Labute approximate surface area is 380 Å². The number of carbonyl (C=O) groups excluding carboxylic acids is 2. The molecule has 0 N–H and O–H groups in total. The average Bonchev–Trinajstić information content (AvgIpc) is 3.73. The van der Waals surface area contributed by atoms with E-state index < -0.39 is 11.9 Å². The highest BCUT2D eigenvalue weighted by molar-refractivity contribution is 7.19. The molecule has 6 heterocycles. The van der Waals surface area contributed by atoms with Crippen molar-refractivity contribution in [1.29, 1.82) is 0 Å². The molecule has 0 spiro atoms. The van der Waals surface area contributed by atoms with E-state index in [1.54, 1.807) is 0 Å². The smallest absolute Gasteiger partial charge is 0.359 e. The lowest BCUT2D eigenvalue weighted by Gasteiger charge is -2.19. The minimum atomic E-state index is -0.444. The molecule has 0 amide bonds. The molecule has 13 heteroatoms. The molecule has 0 aromatic carbocycles. The summed E-state index contributed by atoms with van der Waals surface area (Å²) in [7, 11) is 0. The van der Waals surface area contributed by atoms with Crippen LogP contribution in [0.4, 0.5) is 0 Å². The van der Waals surface area contributed by atoms with Crippen LogP contribution >= 0.6 is 11.3 Å². The summed E-state index contributed by atoms with van der Waals surface area (Å²) in [5.74, 6) is 2.10. The van der Waals surface area contributed by atoms with E-state index in [1.807, 2.05) is 23.0 Å². The fourth-order valence-corrected chi connectivity index (χ4v) is 10.3. The van der Waals surface area contributed by atoms with E-state index in [2.05, 4.69) is 13.8 Å². The number of aromatic nitrogens is 2. The van der Waals surface area contributed by atoms with Crippen LogP contribution < -0.4 is 28.4 Å². The first-order valence-electron chi connectivity index (χ1n) is 24.9. The van der Waals surface area contributed by atoms with Gasteiger partial charge in [0.05, 0.1) is 39.6 Å². The molecule has 352 valence electrons. The van der Waals surface area contributed by atoms with Gasteiger partial charge < -0.3 is 47.0 Å². The summed E-state index contributed by atoms with van der Waals surface area (Å²) < 4.78 is 54.5. The normalized spacial score (nSPS) is 14.3. The van der Waals surface area contributed by atoms with Crippen LogP contribution in [-0.2, 0) is 22.6 Å². The van der Waals surface area contributed by atoms with Crippen LogP contribution in [0, 0.1) is 0 Å². The lowest BCUT2D eigenvalue weighted by molar-refractivity contribution is 0.0499. The zero-order valence-corrected chi connectivity index (χ0v) is 39.8. The van der Waals surface area contributed by atoms with Gasteiger partial charge in [0.25, 0.3) is 0 Å². The second-order valence-electron chi connectivity index (χ2n) is 17.0. The zero-order valence-electron chi connectivity index (χ0n) is 39.0. The van der Waals surface area contributed by atoms with Crippen molar-refractivity contribution in [1.82, 2.24) is 9.13 Å². The molecule has 3 aliphatic heterocycles. The van der Waals surface area contributed by atoms with E-state index in [-0.39, 0.29) is 13.2 Å². The highest BCUT2D eigenvalue weighted by Gasteiger charge is 2.41. The molecule has 0 saturated carbocycles. The highest BCUT2D eigenvalue weighted by atomic mass is 32.1. The summed E-state index contributed by atoms with van der Waals surface area (Å²) in [6.07, 6.45) is 25.3. The molecule has 63 heavy (non-hydrogen) atoms. The van der Waals surface area contributed by atoms with Gasteiger partial charge in [-0.3, -0.25) is 0 Å². The zero-order chi connectivity index (χ0) is 44.2. The quantitative estimate of drug-likeness (QED) is 0.0515. The fourth-order valence-electron chi connectivity index (χ4n) is 8.97. The molecule has 0 aliphatic carbocycles. The van der Waals surface area contributed by atoms with E-state index in [9.17, 15) is 9.59 Å². The van der Waals surface area contributed by atoms with Gasteiger partial charge >= 0.3 is 11.9 Å².